The number of hydrogen-bond donors (Lipinski definition) is 3. The molecule has 2 heterocycles. The molecule has 3 N–H and O–H groups in total. The molecule has 0 unspecified atom stereocenters. The molecule has 7 heteroatoms. The van der Waals surface area contributed by atoms with Gasteiger partial charge in [0.2, 0.25) is 0 Å². The van der Waals surface area contributed by atoms with Gasteiger partial charge in [-0.3, -0.25) is 9.59 Å². The highest BCUT2D eigenvalue weighted by Crippen LogP contribution is 2.21. The van der Waals surface area contributed by atoms with Gasteiger partial charge in [-0.15, -0.1) is 0 Å². The predicted octanol–water partition coefficient (Wildman–Crippen LogP) is -0.559. The van der Waals surface area contributed by atoms with E-state index in [2.05, 4.69) is 24.1 Å². The molecule has 0 spiro atoms. The molecular weight excluding hydrogens is 371 g/mol. The quantitative estimate of drug-likeness (QED) is 0.614. The third-order valence-electron chi connectivity index (χ3n) is 6.30. The van der Waals surface area contributed by atoms with Crippen LogP contribution in [-0.2, 0) is 9.59 Å². The summed E-state index contributed by atoms with van der Waals surface area (Å²) in [7, 11) is 0. The average molecular weight is 407 g/mol. The topological polar surface area (TPSA) is 58.3 Å². The third-order valence-corrected chi connectivity index (χ3v) is 6.30. The lowest BCUT2D eigenvalue weighted by atomic mass is 9.91. The summed E-state index contributed by atoms with van der Waals surface area (Å²) >= 11 is 0. The molecule has 29 heavy (non-hydrogen) atoms. The van der Waals surface area contributed by atoms with Gasteiger partial charge in [0.05, 0.1) is 0 Å². The Labute approximate surface area is 173 Å². The van der Waals surface area contributed by atoms with Crippen LogP contribution in [0.25, 0.3) is 0 Å². The van der Waals surface area contributed by atoms with E-state index >= 15 is 0 Å². The van der Waals surface area contributed by atoms with Gasteiger partial charge in [0.15, 0.2) is 12.6 Å². The molecule has 160 valence electrons. The number of nitrogens with zero attached hydrogens (tertiary/aromatic N) is 1. The Morgan fingerprint density at radius 2 is 1.69 bits per heavy atom. The van der Waals surface area contributed by atoms with Gasteiger partial charge in [0, 0.05) is 18.8 Å². The molecule has 3 rings (SSSR count). The van der Waals surface area contributed by atoms with Crippen molar-refractivity contribution in [2.45, 2.75) is 33.2 Å². The van der Waals surface area contributed by atoms with Crippen molar-refractivity contribution in [2.75, 3.05) is 51.1 Å². The molecule has 0 radical (unpaired) electrons. The van der Waals surface area contributed by atoms with Crippen LogP contribution < -0.4 is 15.1 Å². The Hall–Kier alpha value is -1.99. The van der Waals surface area contributed by atoms with Crippen molar-refractivity contribution in [1.29, 1.82) is 0 Å². The summed E-state index contributed by atoms with van der Waals surface area (Å²) < 4.78 is 13.0. The largest absolute Gasteiger partial charge is 0.337 e. The summed E-state index contributed by atoms with van der Waals surface area (Å²) in [6.45, 7) is 12.2. The maximum Gasteiger partial charge on any atom is 0.280 e. The number of hydrogen-bond acceptors (Lipinski definition) is 2. The maximum absolute atomic E-state index is 13.0. The van der Waals surface area contributed by atoms with Crippen molar-refractivity contribution in [3.8, 4) is 0 Å². The van der Waals surface area contributed by atoms with E-state index in [0.717, 1.165) is 39.3 Å². The van der Waals surface area contributed by atoms with E-state index in [1.165, 1.54) is 28.4 Å². The lowest BCUT2D eigenvalue weighted by Gasteiger charge is -2.38. The number of carbonyl (C=O) groups excluding carboxylic acids is 2. The number of quaternary nitrogens is 2. The summed E-state index contributed by atoms with van der Waals surface area (Å²) in [6.07, 6.45) is 1.20. The molecule has 2 aliphatic rings. The second-order valence-electron chi connectivity index (χ2n) is 9.05. The van der Waals surface area contributed by atoms with Gasteiger partial charge in [-0.2, -0.15) is 0 Å². The zero-order chi connectivity index (χ0) is 21.0. The first kappa shape index (κ1) is 21.7. The van der Waals surface area contributed by atoms with Crippen LogP contribution in [0, 0.1) is 17.7 Å². The molecule has 1 aromatic rings. The molecule has 2 fully saturated rings. The molecule has 2 amide bonds. The van der Waals surface area contributed by atoms with Crippen molar-refractivity contribution >= 4 is 17.5 Å². The van der Waals surface area contributed by atoms with E-state index in [1.54, 1.807) is 12.1 Å². The van der Waals surface area contributed by atoms with Gasteiger partial charge in [-0.1, -0.05) is 13.8 Å². The number of piperazine rings is 1. The zero-order valence-electron chi connectivity index (χ0n) is 17.8. The number of halogens is 1. The minimum atomic E-state index is -0.315. The number of anilines is 1. The Kier molecular flexibility index (Phi) is 7.24. The summed E-state index contributed by atoms with van der Waals surface area (Å²) in [6, 6.07) is 5.79. The van der Waals surface area contributed by atoms with E-state index < -0.39 is 0 Å². The number of piperidine rings is 1. The van der Waals surface area contributed by atoms with Crippen molar-refractivity contribution < 1.29 is 23.8 Å². The van der Waals surface area contributed by atoms with Gasteiger partial charge >= 0.3 is 0 Å². The highest BCUT2D eigenvalue weighted by Gasteiger charge is 2.36. The van der Waals surface area contributed by atoms with Gasteiger partial charge < -0.3 is 20.0 Å². The van der Waals surface area contributed by atoms with Crippen molar-refractivity contribution in [1.82, 2.24) is 4.90 Å². The number of likely N-dealkylation sites (tertiary alicyclic amines) is 1. The summed E-state index contributed by atoms with van der Waals surface area (Å²) in [5.74, 6) is 1.05. The fourth-order valence-corrected chi connectivity index (χ4v) is 4.79. The first-order valence-corrected chi connectivity index (χ1v) is 10.8. The summed E-state index contributed by atoms with van der Waals surface area (Å²) in [5, 5.41) is 2.83. The van der Waals surface area contributed by atoms with Gasteiger partial charge in [-0.05, 0) is 49.4 Å². The highest BCUT2D eigenvalue weighted by molar-refractivity contribution is 5.91. The van der Waals surface area contributed by atoms with E-state index in [4.69, 9.17) is 0 Å². The molecule has 0 saturated carbocycles. The Balaban J connectivity index is 1.44. The summed E-state index contributed by atoms with van der Waals surface area (Å²) in [4.78, 5) is 29.9. The Morgan fingerprint density at radius 1 is 1.10 bits per heavy atom. The zero-order valence-corrected chi connectivity index (χ0v) is 17.8. The van der Waals surface area contributed by atoms with Crippen LogP contribution in [0.15, 0.2) is 24.3 Å². The molecular formula is C22H35FN4O2+2. The second kappa shape index (κ2) is 9.67. The van der Waals surface area contributed by atoms with E-state index in [1.807, 2.05) is 6.92 Å². The number of benzene rings is 1. The number of amides is 2. The molecule has 2 aliphatic heterocycles. The summed E-state index contributed by atoms with van der Waals surface area (Å²) in [5.41, 5.74) is 0.615. The smallest absolute Gasteiger partial charge is 0.280 e. The van der Waals surface area contributed by atoms with Crippen molar-refractivity contribution in [3.63, 3.8) is 0 Å². The predicted molar refractivity (Wildman–Crippen MR) is 110 cm³/mol. The number of carbonyl (C=O) groups is 2. The fraction of sp³-hybridized carbons (Fsp3) is 0.636. The third kappa shape index (κ3) is 6.00. The van der Waals surface area contributed by atoms with E-state index in [0.29, 0.717) is 24.1 Å². The van der Waals surface area contributed by atoms with Gasteiger partial charge in [-0.25, -0.2) is 4.39 Å². The second-order valence-corrected chi connectivity index (χ2v) is 9.05. The molecule has 1 aromatic carbocycles. The van der Waals surface area contributed by atoms with Crippen LogP contribution in [-0.4, -0.2) is 68.6 Å². The molecule has 2 saturated heterocycles. The molecule has 3 atom stereocenters. The van der Waals surface area contributed by atoms with Crippen LogP contribution in [0.5, 0.6) is 0 Å². The van der Waals surface area contributed by atoms with Crippen LogP contribution in [0.1, 0.15) is 27.2 Å². The van der Waals surface area contributed by atoms with Crippen LogP contribution in [0.3, 0.4) is 0 Å². The molecule has 0 aromatic heterocycles. The SMILES string of the molecule is C[C@H]1C[C@H](C)CN(C(=O)[C@@H](C)[NH+]2CC[NH+](CC(=O)Nc3ccc(F)cc3)CC2)C1. The van der Waals surface area contributed by atoms with Crippen molar-refractivity contribution in [3.05, 3.63) is 30.1 Å². The van der Waals surface area contributed by atoms with Crippen LogP contribution in [0.4, 0.5) is 10.1 Å². The van der Waals surface area contributed by atoms with Gasteiger partial charge in [0.1, 0.15) is 32.0 Å². The monoisotopic (exact) mass is 406 g/mol. The van der Waals surface area contributed by atoms with E-state index in [9.17, 15) is 14.0 Å². The lowest BCUT2D eigenvalue weighted by molar-refractivity contribution is -1.01. The van der Waals surface area contributed by atoms with Crippen LogP contribution >= 0.6 is 0 Å². The standard InChI is InChI=1S/C22H33FN4O2/c1-16-12-17(2)14-27(13-16)22(29)18(3)26-10-8-25(9-11-26)15-21(28)24-20-6-4-19(23)5-7-20/h4-7,16-18H,8-15H2,1-3H3,(H,24,28)/p+2/t16-,17-,18+/m0/s1. The maximum atomic E-state index is 13.0. The van der Waals surface area contributed by atoms with E-state index in [-0.39, 0.29) is 23.7 Å². The minimum Gasteiger partial charge on any atom is -0.337 e. The minimum absolute atomic E-state index is 0.0258. The Bertz CT molecular complexity index is 693. The number of nitrogens with one attached hydrogen (secondary N) is 3. The first-order valence-electron chi connectivity index (χ1n) is 10.8. The van der Waals surface area contributed by atoms with Crippen molar-refractivity contribution in [2.24, 2.45) is 11.8 Å². The first-order chi connectivity index (χ1) is 13.8. The van der Waals surface area contributed by atoms with Crippen LogP contribution in [0.2, 0.25) is 0 Å². The highest BCUT2D eigenvalue weighted by atomic mass is 19.1. The average Bonchev–Trinajstić information content (AvgIpc) is 2.68. The fourth-order valence-electron chi connectivity index (χ4n) is 4.79. The van der Waals surface area contributed by atoms with Gasteiger partial charge in [0.25, 0.3) is 11.8 Å². The normalized spacial score (nSPS) is 28.6. The lowest BCUT2D eigenvalue weighted by Crippen LogP contribution is -3.30. The molecule has 0 aliphatic carbocycles. The molecule has 0 bridgehead atoms. The molecule has 6 nitrogen and oxygen atoms in total. The Morgan fingerprint density at radius 3 is 2.28 bits per heavy atom. The number of rotatable bonds is 5.